The molecule has 0 bridgehead atoms. The minimum atomic E-state index is 0.629. The number of aryl methyl sites for hydroxylation is 2. The molecule has 0 atom stereocenters. The van der Waals surface area contributed by atoms with Crippen LogP contribution in [-0.2, 0) is 6.42 Å². The van der Waals surface area contributed by atoms with E-state index in [-0.39, 0.29) is 0 Å². The summed E-state index contributed by atoms with van der Waals surface area (Å²) < 4.78 is 5.27. The Hall–Kier alpha value is -1.64. The van der Waals surface area contributed by atoms with Crippen molar-refractivity contribution in [1.82, 2.24) is 10.1 Å². The Balaban J connectivity index is 2.22. The van der Waals surface area contributed by atoms with Crippen LogP contribution in [0.25, 0.3) is 11.5 Å². The molecule has 0 unspecified atom stereocenters. The molecule has 2 aromatic rings. The molecular formula is C13H16N2O. The van der Waals surface area contributed by atoms with Gasteiger partial charge in [0.15, 0.2) is 5.82 Å². The van der Waals surface area contributed by atoms with Crippen LogP contribution in [0.5, 0.6) is 0 Å². The van der Waals surface area contributed by atoms with Gasteiger partial charge in [-0.1, -0.05) is 36.7 Å². The van der Waals surface area contributed by atoms with Gasteiger partial charge < -0.3 is 4.52 Å². The highest BCUT2D eigenvalue weighted by Crippen LogP contribution is 2.21. The number of unbranched alkanes of at least 4 members (excludes halogenated alkanes) is 1. The van der Waals surface area contributed by atoms with E-state index in [1.54, 1.807) is 0 Å². The van der Waals surface area contributed by atoms with Crippen LogP contribution in [0.15, 0.2) is 28.8 Å². The second-order valence-corrected chi connectivity index (χ2v) is 3.93. The van der Waals surface area contributed by atoms with Gasteiger partial charge in [0.25, 0.3) is 5.89 Å². The Morgan fingerprint density at radius 2 is 2.06 bits per heavy atom. The predicted molar refractivity (Wildman–Crippen MR) is 63.1 cm³/mol. The molecular weight excluding hydrogens is 200 g/mol. The van der Waals surface area contributed by atoms with Crippen LogP contribution in [0, 0.1) is 6.92 Å². The number of rotatable bonds is 4. The van der Waals surface area contributed by atoms with Crippen LogP contribution in [0.1, 0.15) is 31.2 Å². The van der Waals surface area contributed by atoms with Crippen molar-refractivity contribution in [2.45, 2.75) is 33.1 Å². The van der Waals surface area contributed by atoms with E-state index in [0.29, 0.717) is 5.89 Å². The van der Waals surface area contributed by atoms with Crippen molar-refractivity contribution in [3.8, 4) is 11.5 Å². The summed E-state index contributed by atoms with van der Waals surface area (Å²) in [4.78, 5) is 4.40. The molecule has 0 spiro atoms. The predicted octanol–water partition coefficient (Wildman–Crippen LogP) is 3.39. The highest BCUT2D eigenvalue weighted by atomic mass is 16.5. The van der Waals surface area contributed by atoms with Crippen molar-refractivity contribution < 1.29 is 4.52 Å². The lowest BCUT2D eigenvalue weighted by Crippen LogP contribution is -1.87. The van der Waals surface area contributed by atoms with Crippen LogP contribution in [-0.4, -0.2) is 10.1 Å². The first kappa shape index (κ1) is 10.9. The van der Waals surface area contributed by atoms with Gasteiger partial charge in [0.05, 0.1) is 0 Å². The smallest absolute Gasteiger partial charge is 0.258 e. The summed E-state index contributed by atoms with van der Waals surface area (Å²) in [5.74, 6) is 1.43. The van der Waals surface area contributed by atoms with Gasteiger partial charge >= 0.3 is 0 Å². The maximum Gasteiger partial charge on any atom is 0.258 e. The fraction of sp³-hybridized carbons (Fsp3) is 0.385. The van der Waals surface area contributed by atoms with Crippen LogP contribution in [0.4, 0.5) is 0 Å². The van der Waals surface area contributed by atoms with Crippen molar-refractivity contribution >= 4 is 0 Å². The lowest BCUT2D eigenvalue weighted by atomic mass is 10.1. The van der Waals surface area contributed by atoms with E-state index in [1.165, 1.54) is 0 Å². The highest BCUT2D eigenvalue weighted by molar-refractivity contribution is 5.57. The second kappa shape index (κ2) is 4.92. The molecule has 0 radical (unpaired) electrons. The summed E-state index contributed by atoms with van der Waals surface area (Å²) in [5, 5.41) is 3.99. The zero-order valence-electron chi connectivity index (χ0n) is 9.73. The largest absolute Gasteiger partial charge is 0.334 e. The van der Waals surface area contributed by atoms with Crippen molar-refractivity contribution in [2.75, 3.05) is 0 Å². The normalized spacial score (nSPS) is 10.6. The molecule has 0 aliphatic rings. The maximum atomic E-state index is 5.27. The molecule has 0 amide bonds. The van der Waals surface area contributed by atoms with Gasteiger partial charge in [-0.15, -0.1) is 0 Å². The van der Waals surface area contributed by atoms with Crippen LogP contribution >= 0.6 is 0 Å². The van der Waals surface area contributed by atoms with Crippen LogP contribution in [0.3, 0.4) is 0 Å². The summed E-state index contributed by atoms with van der Waals surface area (Å²) in [6.07, 6.45) is 3.15. The molecule has 0 aliphatic heterocycles. The van der Waals surface area contributed by atoms with Gasteiger partial charge in [0.1, 0.15) is 0 Å². The van der Waals surface area contributed by atoms with E-state index in [0.717, 1.165) is 36.2 Å². The van der Waals surface area contributed by atoms with Crippen molar-refractivity contribution in [3.05, 3.63) is 35.7 Å². The molecule has 3 heteroatoms. The average molecular weight is 216 g/mol. The van der Waals surface area contributed by atoms with E-state index in [4.69, 9.17) is 4.52 Å². The van der Waals surface area contributed by atoms with Gasteiger partial charge in [-0.25, -0.2) is 0 Å². The first-order valence-electron chi connectivity index (χ1n) is 5.70. The van der Waals surface area contributed by atoms with Crippen molar-refractivity contribution in [2.24, 2.45) is 0 Å². The van der Waals surface area contributed by atoms with E-state index in [9.17, 15) is 0 Å². The third-order valence-corrected chi connectivity index (χ3v) is 2.60. The molecule has 84 valence electrons. The molecule has 1 aromatic heterocycles. The second-order valence-electron chi connectivity index (χ2n) is 3.93. The van der Waals surface area contributed by atoms with Crippen molar-refractivity contribution in [3.63, 3.8) is 0 Å². The third kappa shape index (κ3) is 2.30. The molecule has 2 rings (SSSR count). The van der Waals surface area contributed by atoms with Gasteiger partial charge in [-0.2, -0.15) is 4.98 Å². The molecule has 0 aliphatic carbocycles. The van der Waals surface area contributed by atoms with E-state index >= 15 is 0 Å². The SMILES string of the molecule is CCCCc1noc(-c2ccccc2C)n1. The molecule has 1 aromatic carbocycles. The Kier molecular flexibility index (Phi) is 3.34. The summed E-state index contributed by atoms with van der Waals surface area (Å²) in [6.45, 7) is 4.20. The Morgan fingerprint density at radius 3 is 2.81 bits per heavy atom. The molecule has 0 fully saturated rings. The maximum absolute atomic E-state index is 5.27. The molecule has 0 saturated carbocycles. The monoisotopic (exact) mass is 216 g/mol. The Labute approximate surface area is 95.5 Å². The topological polar surface area (TPSA) is 38.9 Å². The van der Waals surface area contributed by atoms with Crippen LogP contribution < -0.4 is 0 Å². The Bertz CT molecular complexity index is 462. The summed E-state index contributed by atoms with van der Waals surface area (Å²) >= 11 is 0. The minimum absolute atomic E-state index is 0.629. The highest BCUT2D eigenvalue weighted by Gasteiger charge is 2.09. The standard InChI is InChI=1S/C13H16N2O/c1-3-4-9-12-14-13(16-15-12)11-8-6-5-7-10(11)2/h5-8H,3-4,9H2,1-2H3. The molecule has 0 N–H and O–H groups in total. The summed E-state index contributed by atoms with van der Waals surface area (Å²) in [7, 11) is 0. The van der Waals surface area contributed by atoms with Gasteiger partial charge in [-0.05, 0) is 25.0 Å². The third-order valence-electron chi connectivity index (χ3n) is 2.60. The summed E-state index contributed by atoms with van der Waals surface area (Å²) in [5.41, 5.74) is 2.19. The first-order chi connectivity index (χ1) is 7.81. The van der Waals surface area contributed by atoms with Gasteiger partial charge in [0, 0.05) is 12.0 Å². The fourth-order valence-corrected chi connectivity index (χ4v) is 1.61. The number of hydrogen-bond donors (Lipinski definition) is 0. The quantitative estimate of drug-likeness (QED) is 0.786. The summed E-state index contributed by atoms with van der Waals surface area (Å²) in [6, 6.07) is 8.04. The van der Waals surface area contributed by atoms with E-state index in [2.05, 4.69) is 17.1 Å². The van der Waals surface area contributed by atoms with E-state index < -0.39 is 0 Å². The average Bonchev–Trinajstić information content (AvgIpc) is 2.75. The Morgan fingerprint density at radius 1 is 1.25 bits per heavy atom. The molecule has 0 saturated heterocycles. The van der Waals surface area contributed by atoms with Crippen molar-refractivity contribution in [1.29, 1.82) is 0 Å². The number of nitrogens with zero attached hydrogens (tertiary/aromatic N) is 2. The first-order valence-corrected chi connectivity index (χ1v) is 5.70. The zero-order valence-corrected chi connectivity index (χ0v) is 9.73. The number of hydrogen-bond acceptors (Lipinski definition) is 3. The van der Waals surface area contributed by atoms with Gasteiger partial charge in [0.2, 0.25) is 0 Å². The number of benzene rings is 1. The fourth-order valence-electron chi connectivity index (χ4n) is 1.61. The van der Waals surface area contributed by atoms with Gasteiger partial charge in [-0.3, -0.25) is 0 Å². The van der Waals surface area contributed by atoms with Crippen LogP contribution in [0.2, 0.25) is 0 Å². The minimum Gasteiger partial charge on any atom is -0.334 e. The van der Waals surface area contributed by atoms with E-state index in [1.807, 2.05) is 31.2 Å². The molecule has 16 heavy (non-hydrogen) atoms. The lowest BCUT2D eigenvalue weighted by molar-refractivity contribution is 0.421. The number of aromatic nitrogens is 2. The zero-order chi connectivity index (χ0) is 11.4. The lowest BCUT2D eigenvalue weighted by Gasteiger charge is -1.97. The molecule has 3 nitrogen and oxygen atoms in total. The molecule has 1 heterocycles.